The summed E-state index contributed by atoms with van der Waals surface area (Å²) in [6.07, 6.45) is 0. The topological polar surface area (TPSA) is 38.0 Å². The van der Waals surface area contributed by atoms with Gasteiger partial charge < -0.3 is 11.1 Å². The molecule has 0 aromatic heterocycles. The summed E-state index contributed by atoms with van der Waals surface area (Å²) in [5.74, 6) is 0. The van der Waals surface area contributed by atoms with E-state index < -0.39 is 0 Å². The predicted molar refractivity (Wildman–Crippen MR) is 42.5 cm³/mol. The maximum absolute atomic E-state index is 5.51. The van der Waals surface area contributed by atoms with Gasteiger partial charge in [-0.1, -0.05) is 12.1 Å². The third-order valence-corrected chi connectivity index (χ3v) is 1.27. The van der Waals surface area contributed by atoms with Crippen LogP contribution in [0.25, 0.3) is 0 Å². The molecule has 0 aliphatic carbocycles. The van der Waals surface area contributed by atoms with Gasteiger partial charge in [0.2, 0.25) is 0 Å². The van der Waals surface area contributed by atoms with Gasteiger partial charge >= 0.3 is 0 Å². The molecule has 1 radical (unpaired) electrons. The van der Waals surface area contributed by atoms with Crippen molar-refractivity contribution in [2.75, 3.05) is 12.8 Å². The van der Waals surface area contributed by atoms with E-state index in [4.69, 9.17) is 5.73 Å². The molecule has 0 spiro atoms. The van der Waals surface area contributed by atoms with Crippen molar-refractivity contribution >= 4 is 5.69 Å². The van der Waals surface area contributed by atoms with Crippen LogP contribution in [0.4, 0.5) is 5.69 Å². The minimum atomic E-state index is 0.702. The summed E-state index contributed by atoms with van der Waals surface area (Å²) in [7, 11) is 1.91. The molecule has 0 heterocycles. The molecule has 0 bridgehead atoms. The third-order valence-electron chi connectivity index (χ3n) is 1.27. The van der Waals surface area contributed by atoms with E-state index in [0.717, 1.165) is 6.54 Å². The smallest absolute Gasteiger partial charge is 0.0397 e. The number of nitrogen functional groups attached to an aromatic ring is 1. The van der Waals surface area contributed by atoms with Crippen molar-refractivity contribution in [1.82, 2.24) is 5.32 Å². The van der Waals surface area contributed by atoms with Gasteiger partial charge in [-0.3, -0.25) is 0 Å². The van der Waals surface area contributed by atoms with E-state index in [0.29, 0.717) is 5.69 Å². The van der Waals surface area contributed by atoms with Crippen LogP contribution >= 0.6 is 0 Å². The molecule has 1 aromatic carbocycles. The number of anilines is 1. The van der Waals surface area contributed by atoms with Crippen molar-refractivity contribution in [3.05, 3.63) is 29.8 Å². The number of nitrogens with two attached hydrogens (primary N) is 1. The van der Waals surface area contributed by atoms with Crippen LogP contribution < -0.4 is 11.1 Å². The van der Waals surface area contributed by atoms with Crippen LogP contribution in [0.1, 0.15) is 5.56 Å². The van der Waals surface area contributed by atoms with Gasteiger partial charge in [-0.25, -0.2) is 0 Å². The van der Waals surface area contributed by atoms with Gasteiger partial charge in [-0.15, -0.1) is 0 Å². The largest absolute Gasteiger partial charge is 0.398 e. The second kappa shape index (κ2) is 3.22. The maximum atomic E-state index is 5.51. The van der Waals surface area contributed by atoms with Gasteiger partial charge in [-0.05, 0) is 18.7 Å². The second-order valence-electron chi connectivity index (χ2n) is 2.18. The highest BCUT2D eigenvalue weighted by molar-refractivity contribution is 5.39. The molecular formula is C8H11N2. The summed E-state index contributed by atoms with van der Waals surface area (Å²) >= 11 is 0. The van der Waals surface area contributed by atoms with Crippen molar-refractivity contribution < 1.29 is 0 Å². The normalized spacial score (nSPS) is 9.70. The van der Waals surface area contributed by atoms with E-state index in [1.165, 1.54) is 5.56 Å². The highest BCUT2D eigenvalue weighted by Gasteiger charge is 1.89. The predicted octanol–water partition coefficient (Wildman–Crippen LogP) is 0.788. The Labute approximate surface area is 61.1 Å². The second-order valence-corrected chi connectivity index (χ2v) is 2.18. The quantitative estimate of drug-likeness (QED) is 0.588. The average Bonchev–Trinajstić information content (AvgIpc) is 1.88. The molecule has 1 aromatic rings. The fourth-order valence-electron chi connectivity index (χ4n) is 0.849. The van der Waals surface area contributed by atoms with Crippen LogP contribution in [-0.4, -0.2) is 7.05 Å². The van der Waals surface area contributed by atoms with E-state index >= 15 is 0 Å². The molecule has 0 unspecified atom stereocenters. The first kappa shape index (κ1) is 7.09. The number of hydrogen-bond donors (Lipinski definition) is 2. The summed E-state index contributed by atoms with van der Waals surface area (Å²) in [6, 6.07) is 8.62. The highest BCUT2D eigenvalue weighted by Crippen LogP contribution is 2.04. The molecular weight excluding hydrogens is 124 g/mol. The van der Waals surface area contributed by atoms with E-state index in [2.05, 4.69) is 11.4 Å². The van der Waals surface area contributed by atoms with Crippen LogP contribution in [0.3, 0.4) is 0 Å². The van der Waals surface area contributed by atoms with Crippen molar-refractivity contribution in [1.29, 1.82) is 0 Å². The monoisotopic (exact) mass is 135 g/mol. The zero-order valence-electron chi connectivity index (χ0n) is 6.02. The first-order valence-electron chi connectivity index (χ1n) is 3.23. The number of benzene rings is 1. The fourth-order valence-corrected chi connectivity index (χ4v) is 0.849. The van der Waals surface area contributed by atoms with Gasteiger partial charge in [-0.2, -0.15) is 0 Å². The Bertz CT molecular complexity index is 208. The van der Waals surface area contributed by atoms with Gasteiger partial charge in [0.05, 0.1) is 0 Å². The summed E-state index contributed by atoms with van der Waals surface area (Å²) in [4.78, 5) is 0. The zero-order chi connectivity index (χ0) is 7.40. The standard InChI is InChI=1S/C8H11N2/c1-10-6-7-3-2-4-8(9)5-7/h2-3,5,10H,6,9H2,1H3. The average molecular weight is 135 g/mol. The third kappa shape index (κ3) is 1.74. The first-order chi connectivity index (χ1) is 4.83. The molecule has 0 aliphatic heterocycles. The van der Waals surface area contributed by atoms with Gasteiger partial charge in [0.1, 0.15) is 0 Å². The van der Waals surface area contributed by atoms with Crippen LogP contribution in [0.2, 0.25) is 0 Å². The van der Waals surface area contributed by atoms with Gasteiger partial charge in [0.15, 0.2) is 0 Å². The molecule has 0 aliphatic rings. The van der Waals surface area contributed by atoms with Gasteiger partial charge in [0.25, 0.3) is 0 Å². The van der Waals surface area contributed by atoms with E-state index in [1.807, 2.05) is 25.2 Å². The lowest BCUT2D eigenvalue weighted by atomic mass is 10.2. The first-order valence-corrected chi connectivity index (χ1v) is 3.23. The summed E-state index contributed by atoms with van der Waals surface area (Å²) in [6.45, 7) is 0.860. The van der Waals surface area contributed by atoms with Crippen LogP contribution in [-0.2, 0) is 6.54 Å². The van der Waals surface area contributed by atoms with E-state index in [9.17, 15) is 0 Å². The number of hydrogen-bond acceptors (Lipinski definition) is 2. The van der Waals surface area contributed by atoms with E-state index in [1.54, 1.807) is 0 Å². The number of rotatable bonds is 2. The lowest BCUT2D eigenvalue weighted by Gasteiger charge is -1.98. The minimum absolute atomic E-state index is 0.702. The molecule has 1 rings (SSSR count). The highest BCUT2D eigenvalue weighted by atomic mass is 14.8. The molecule has 0 amide bonds. The molecule has 0 saturated carbocycles. The molecule has 0 atom stereocenters. The Kier molecular flexibility index (Phi) is 2.29. The fraction of sp³-hybridized carbons (Fsp3) is 0.250. The van der Waals surface area contributed by atoms with Crippen LogP contribution in [0.15, 0.2) is 18.2 Å². The molecule has 10 heavy (non-hydrogen) atoms. The SMILES string of the molecule is CNCc1cc[c]c(N)c1. The molecule has 0 saturated heterocycles. The minimum Gasteiger partial charge on any atom is -0.398 e. The molecule has 53 valence electrons. The Balaban J connectivity index is 2.75. The lowest BCUT2D eigenvalue weighted by molar-refractivity contribution is 0.818. The van der Waals surface area contributed by atoms with Crippen LogP contribution in [0, 0.1) is 6.07 Å². The van der Waals surface area contributed by atoms with Crippen molar-refractivity contribution in [3.63, 3.8) is 0 Å². The van der Waals surface area contributed by atoms with Crippen molar-refractivity contribution in [3.8, 4) is 0 Å². The maximum Gasteiger partial charge on any atom is 0.0397 e. The van der Waals surface area contributed by atoms with Crippen LogP contribution in [0.5, 0.6) is 0 Å². The molecule has 2 heteroatoms. The van der Waals surface area contributed by atoms with E-state index in [-0.39, 0.29) is 0 Å². The molecule has 2 nitrogen and oxygen atoms in total. The van der Waals surface area contributed by atoms with Crippen molar-refractivity contribution in [2.45, 2.75) is 6.54 Å². The number of nitrogens with one attached hydrogen (secondary N) is 1. The van der Waals surface area contributed by atoms with Gasteiger partial charge in [0, 0.05) is 18.3 Å². The Morgan fingerprint density at radius 2 is 2.50 bits per heavy atom. The summed E-state index contributed by atoms with van der Waals surface area (Å²) in [5.41, 5.74) is 7.40. The zero-order valence-corrected chi connectivity index (χ0v) is 6.02. The molecule has 0 fully saturated rings. The Morgan fingerprint density at radius 3 is 3.10 bits per heavy atom. The van der Waals surface area contributed by atoms with Crippen molar-refractivity contribution in [2.24, 2.45) is 0 Å². The molecule has 3 N–H and O–H groups in total. The summed E-state index contributed by atoms with van der Waals surface area (Å²) in [5, 5.41) is 3.04. The summed E-state index contributed by atoms with van der Waals surface area (Å²) < 4.78 is 0. The lowest BCUT2D eigenvalue weighted by Crippen LogP contribution is -2.04. The Morgan fingerprint density at radius 1 is 1.70 bits per heavy atom. The Hall–Kier alpha value is -1.02.